The van der Waals surface area contributed by atoms with Gasteiger partial charge < -0.3 is 20.3 Å². The molecule has 24 heavy (non-hydrogen) atoms. The van der Waals surface area contributed by atoms with E-state index in [2.05, 4.69) is 20.6 Å². The third-order valence-electron chi connectivity index (χ3n) is 3.80. The normalized spacial score (nSPS) is 17.4. The van der Waals surface area contributed by atoms with E-state index in [4.69, 9.17) is 4.74 Å². The van der Waals surface area contributed by atoms with Crippen LogP contribution in [0.15, 0.2) is 36.4 Å². The number of morpholine rings is 1. The number of aryl methyl sites for hydroxylation is 1. The minimum absolute atomic E-state index is 0.117. The number of para-hydroxylation sites is 1. The van der Waals surface area contributed by atoms with Crippen molar-refractivity contribution >= 4 is 23.2 Å². The molecule has 0 spiro atoms. The van der Waals surface area contributed by atoms with Crippen LogP contribution in [0.25, 0.3) is 0 Å². The molecular formula is C17H21N5O2. The lowest BCUT2D eigenvalue weighted by atomic mass is 10.2. The van der Waals surface area contributed by atoms with Crippen LogP contribution in [-0.4, -0.2) is 48.7 Å². The molecule has 1 aromatic heterocycles. The fourth-order valence-electron chi connectivity index (χ4n) is 2.62. The van der Waals surface area contributed by atoms with Crippen LogP contribution in [0.5, 0.6) is 0 Å². The summed E-state index contributed by atoms with van der Waals surface area (Å²) in [6.45, 7) is 3.51. The van der Waals surface area contributed by atoms with Crippen LogP contribution in [-0.2, 0) is 9.53 Å². The summed E-state index contributed by atoms with van der Waals surface area (Å²) in [5.74, 6) is 2.08. The van der Waals surface area contributed by atoms with Gasteiger partial charge >= 0.3 is 0 Å². The van der Waals surface area contributed by atoms with Gasteiger partial charge in [0.25, 0.3) is 5.91 Å². The molecule has 3 rings (SSSR count). The molecule has 1 unspecified atom stereocenters. The molecule has 1 aliphatic rings. The average Bonchev–Trinajstić information content (AvgIpc) is 2.61. The van der Waals surface area contributed by atoms with Gasteiger partial charge in [-0.1, -0.05) is 18.2 Å². The molecule has 0 bridgehead atoms. The maximum absolute atomic E-state index is 11.8. The molecule has 1 aliphatic heterocycles. The van der Waals surface area contributed by atoms with E-state index in [1.54, 1.807) is 7.05 Å². The number of carbonyl (C=O) groups excluding carboxylic acids is 1. The lowest BCUT2D eigenvalue weighted by molar-refractivity contribution is -0.132. The fourth-order valence-corrected chi connectivity index (χ4v) is 2.62. The number of hydrogen-bond acceptors (Lipinski definition) is 6. The summed E-state index contributed by atoms with van der Waals surface area (Å²) in [6, 6.07) is 11.8. The fraction of sp³-hybridized carbons (Fsp3) is 0.353. The van der Waals surface area contributed by atoms with Crippen LogP contribution in [0.4, 0.5) is 17.3 Å². The minimum atomic E-state index is -0.482. The second-order valence-electron chi connectivity index (χ2n) is 5.57. The maximum atomic E-state index is 11.8. The first-order valence-corrected chi connectivity index (χ1v) is 7.91. The predicted octanol–water partition coefficient (Wildman–Crippen LogP) is 1.48. The maximum Gasteiger partial charge on any atom is 0.250 e. The number of nitrogens with zero attached hydrogens (tertiary/aromatic N) is 3. The smallest absolute Gasteiger partial charge is 0.250 e. The highest BCUT2D eigenvalue weighted by Crippen LogP contribution is 2.21. The molecule has 0 aliphatic carbocycles. The molecule has 1 saturated heterocycles. The Morgan fingerprint density at radius 3 is 2.83 bits per heavy atom. The largest absolute Gasteiger partial charge is 0.365 e. The second-order valence-corrected chi connectivity index (χ2v) is 5.57. The lowest BCUT2D eigenvalue weighted by Crippen LogP contribution is -2.49. The number of rotatable bonds is 4. The molecule has 1 aromatic carbocycles. The second kappa shape index (κ2) is 7.27. The van der Waals surface area contributed by atoms with Crippen LogP contribution < -0.4 is 15.5 Å². The summed E-state index contributed by atoms with van der Waals surface area (Å²) in [6.07, 6.45) is -0.482. The Bertz CT molecular complexity index is 707. The SMILES string of the molecule is CNC(=O)C1CN(c2cc(Nc3ccccc3)nc(C)n2)CCO1. The highest BCUT2D eigenvalue weighted by molar-refractivity contribution is 5.81. The van der Waals surface area contributed by atoms with Crippen molar-refractivity contribution in [1.82, 2.24) is 15.3 Å². The standard InChI is InChI=1S/C17H21N5O2/c1-12-19-15(21-13-6-4-3-5-7-13)10-16(20-12)22-8-9-24-14(11-22)17(23)18-2/h3-7,10,14H,8-9,11H2,1-2H3,(H,18,23)(H,19,20,21). The summed E-state index contributed by atoms with van der Waals surface area (Å²) in [5, 5.41) is 5.91. The number of nitrogens with one attached hydrogen (secondary N) is 2. The topological polar surface area (TPSA) is 79.4 Å². The van der Waals surface area contributed by atoms with Crippen molar-refractivity contribution in [1.29, 1.82) is 0 Å². The Hall–Kier alpha value is -2.67. The molecule has 1 fully saturated rings. The van der Waals surface area contributed by atoms with E-state index < -0.39 is 6.10 Å². The van der Waals surface area contributed by atoms with Crippen molar-refractivity contribution in [2.75, 3.05) is 37.0 Å². The molecule has 0 saturated carbocycles. The highest BCUT2D eigenvalue weighted by atomic mass is 16.5. The zero-order valence-corrected chi connectivity index (χ0v) is 13.8. The highest BCUT2D eigenvalue weighted by Gasteiger charge is 2.27. The van der Waals surface area contributed by atoms with E-state index in [1.807, 2.05) is 48.2 Å². The van der Waals surface area contributed by atoms with E-state index in [-0.39, 0.29) is 5.91 Å². The molecular weight excluding hydrogens is 306 g/mol. The van der Waals surface area contributed by atoms with Crippen molar-refractivity contribution in [3.05, 3.63) is 42.2 Å². The lowest BCUT2D eigenvalue weighted by Gasteiger charge is -2.33. The van der Waals surface area contributed by atoms with E-state index in [0.717, 1.165) is 17.3 Å². The molecule has 1 atom stereocenters. The summed E-state index contributed by atoms with van der Waals surface area (Å²) in [7, 11) is 1.61. The zero-order valence-electron chi connectivity index (χ0n) is 13.8. The van der Waals surface area contributed by atoms with Crippen LogP contribution >= 0.6 is 0 Å². The van der Waals surface area contributed by atoms with Crippen LogP contribution in [0.3, 0.4) is 0 Å². The van der Waals surface area contributed by atoms with Gasteiger partial charge in [0.2, 0.25) is 0 Å². The molecule has 2 heterocycles. The third-order valence-corrected chi connectivity index (χ3v) is 3.80. The number of carbonyl (C=O) groups is 1. The van der Waals surface area contributed by atoms with Crippen LogP contribution in [0.1, 0.15) is 5.82 Å². The van der Waals surface area contributed by atoms with Gasteiger partial charge in [0.05, 0.1) is 13.2 Å². The number of ether oxygens (including phenoxy) is 1. The number of likely N-dealkylation sites (N-methyl/N-ethyl adjacent to an activating group) is 1. The summed E-state index contributed by atoms with van der Waals surface area (Å²) in [4.78, 5) is 22.8. The van der Waals surface area contributed by atoms with E-state index in [9.17, 15) is 4.79 Å². The minimum Gasteiger partial charge on any atom is -0.365 e. The first kappa shape index (κ1) is 16.2. The summed E-state index contributed by atoms with van der Waals surface area (Å²) >= 11 is 0. The Morgan fingerprint density at radius 2 is 2.08 bits per heavy atom. The van der Waals surface area contributed by atoms with Gasteiger partial charge in [-0.3, -0.25) is 4.79 Å². The molecule has 0 radical (unpaired) electrons. The van der Waals surface area contributed by atoms with Gasteiger partial charge in [0.1, 0.15) is 17.5 Å². The van der Waals surface area contributed by atoms with Crippen LogP contribution in [0, 0.1) is 6.92 Å². The van der Waals surface area contributed by atoms with Gasteiger partial charge in [0, 0.05) is 25.3 Å². The molecule has 2 aromatic rings. The van der Waals surface area contributed by atoms with Gasteiger partial charge in [0.15, 0.2) is 6.10 Å². The monoisotopic (exact) mass is 327 g/mol. The first-order valence-electron chi connectivity index (χ1n) is 7.91. The van der Waals surface area contributed by atoms with Gasteiger partial charge in [-0.2, -0.15) is 0 Å². The Balaban J connectivity index is 1.79. The predicted molar refractivity (Wildman–Crippen MR) is 92.5 cm³/mol. The molecule has 1 amide bonds. The molecule has 2 N–H and O–H groups in total. The van der Waals surface area contributed by atoms with Crippen molar-refractivity contribution in [2.45, 2.75) is 13.0 Å². The summed E-state index contributed by atoms with van der Waals surface area (Å²) in [5.41, 5.74) is 0.965. The van der Waals surface area contributed by atoms with Crippen molar-refractivity contribution in [3.63, 3.8) is 0 Å². The zero-order chi connectivity index (χ0) is 16.9. The van der Waals surface area contributed by atoms with Gasteiger partial charge in [-0.05, 0) is 19.1 Å². The number of anilines is 3. The van der Waals surface area contributed by atoms with E-state index in [0.29, 0.717) is 25.5 Å². The van der Waals surface area contributed by atoms with Crippen molar-refractivity contribution < 1.29 is 9.53 Å². The quantitative estimate of drug-likeness (QED) is 0.885. The average molecular weight is 327 g/mol. The molecule has 7 heteroatoms. The summed E-state index contributed by atoms with van der Waals surface area (Å²) < 4.78 is 5.53. The molecule has 126 valence electrons. The first-order chi connectivity index (χ1) is 11.7. The number of amides is 1. The van der Waals surface area contributed by atoms with Crippen molar-refractivity contribution in [2.24, 2.45) is 0 Å². The van der Waals surface area contributed by atoms with Gasteiger partial charge in [-0.25, -0.2) is 9.97 Å². The number of hydrogen-bond donors (Lipinski definition) is 2. The number of benzene rings is 1. The van der Waals surface area contributed by atoms with E-state index >= 15 is 0 Å². The Kier molecular flexibility index (Phi) is 4.90. The van der Waals surface area contributed by atoms with E-state index in [1.165, 1.54) is 0 Å². The molecule has 7 nitrogen and oxygen atoms in total. The third kappa shape index (κ3) is 3.80. The van der Waals surface area contributed by atoms with Gasteiger partial charge in [-0.15, -0.1) is 0 Å². The number of aromatic nitrogens is 2. The van der Waals surface area contributed by atoms with Crippen LogP contribution in [0.2, 0.25) is 0 Å². The Morgan fingerprint density at radius 1 is 1.29 bits per heavy atom. The van der Waals surface area contributed by atoms with Crippen molar-refractivity contribution in [3.8, 4) is 0 Å². The Labute approximate surface area is 141 Å².